The number of aliphatic imine (C=N–C) groups is 2. The van der Waals surface area contributed by atoms with Gasteiger partial charge in [0.2, 0.25) is 11.8 Å². The summed E-state index contributed by atoms with van der Waals surface area (Å²) < 4.78 is 6.25. The van der Waals surface area contributed by atoms with Crippen LogP contribution in [0.4, 0.5) is 5.69 Å². The molecule has 0 amide bonds. The van der Waals surface area contributed by atoms with Crippen LogP contribution in [-0.2, 0) is 12.1 Å². The normalized spacial score (nSPS) is 28.4. The number of hydrogen-bond donors (Lipinski definition) is 2. The molecule has 1 aromatic carbocycles. The SMILES string of the molecule is CN=CN=C(N)c1cc(NN2C3C[C@H](C)CC2(c2nnc(CN4CCCC4)o2)C3)ccc1Cl. The van der Waals surface area contributed by atoms with Crippen molar-refractivity contribution >= 4 is 29.5 Å². The van der Waals surface area contributed by atoms with Crippen LogP contribution in [0.2, 0.25) is 5.02 Å². The van der Waals surface area contributed by atoms with E-state index >= 15 is 0 Å². The van der Waals surface area contributed by atoms with E-state index in [0.717, 1.165) is 44.6 Å². The number of anilines is 1. The Labute approximate surface area is 199 Å². The fourth-order valence-electron chi connectivity index (χ4n) is 5.54. The number of nitrogens with two attached hydrogens (primary N) is 1. The predicted octanol–water partition coefficient (Wildman–Crippen LogP) is 3.41. The maximum Gasteiger partial charge on any atom is 0.238 e. The molecule has 1 aromatic heterocycles. The van der Waals surface area contributed by atoms with Gasteiger partial charge in [-0.25, -0.2) is 10.0 Å². The van der Waals surface area contributed by atoms with Crippen LogP contribution >= 0.6 is 11.6 Å². The van der Waals surface area contributed by atoms with Crippen LogP contribution in [0.1, 0.15) is 56.4 Å². The Morgan fingerprint density at radius 3 is 2.94 bits per heavy atom. The van der Waals surface area contributed by atoms with Gasteiger partial charge in [0.15, 0.2) is 0 Å². The molecule has 5 rings (SSSR count). The first kappa shape index (κ1) is 22.3. The van der Waals surface area contributed by atoms with E-state index < -0.39 is 0 Å². The molecule has 2 aromatic rings. The van der Waals surface area contributed by atoms with Gasteiger partial charge in [-0.05, 0) is 69.3 Å². The van der Waals surface area contributed by atoms with Gasteiger partial charge in [0.1, 0.15) is 17.7 Å². The van der Waals surface area contributed by atoms with Crippen LogP contribution in [0.15, 0.2) is 32.6 Å². The molecule has 0 aliphatic carbocycles. The zero-order valence-electron chi connectivity index (χ0n) is 19.2. The Hall–Kier alpha value is -2.49. The summed E-state index contributed by atoms with van der Waals surface area (Å²) in [4.78, 5) is 10.4. The number of benzene rings is 1. The lowest BCUT2D eigenvalue weighted by Gasteiger charge is -2.61. The van der Waals surface area contributed by atoms with Crippen molar-refractivity contribution in [1.29, 1.82) is 0 Å². The highest BCUT2D eigenvalue weighted by atomic mass is 35.5. The molecule has 4 heterocycles. The average molecular weight is 471 g/mol. The van der Waals surface area contributed by atoms with Crippen molar-refractivity contribution in [1.82, 2.24) is 20.1 Å². The number of fused-ring (bicyclic) bond motifs is 2. The van der Waals surface area contributed by atoms with Gasteiger partial charge in [-0.15, -0.1) is 10.2 Å². The van der Waals surface area contributed by atoms with Crippen LogP contribution in [0.25, 0.3) is 0 Å². The number of hydrogen-bond acceptors (Lipinski definition) is 7. The molecule has 0 saturated carbocycles. The number of rotatable bonds is 7. The third-order valence-electron chi connectivity index (χ3n) is 6.99. The van der Waals surface area contributed by atoms with Gasteiger partial charge >= 0.3 is 0 Å². The number of amidine groups is 1. The van der Waals surface area contributed by atoms with Crippen molar-refractivity contribution in [2.45, 2.75) is 57.2 Å². The second-order valence-electron chi connectivity index (χ2n) is 9.48. The van der Waals surface area contributed by atoms with E-state index in [2.05, 4.69) is 42.4 Å². The molecule has 2 unspecified atom stereocenters. The maximum absolute atomic E-state index is 6.38. The standard InChI is InChI=1S/C23H31ClN8O/c1-15-9-17-12-23(11-15,22-29-28-20(33-22)13-31-7-3-4-8-31)32(17)30-16-5-6-19(24)18(10-16)21(25)27-14-26-2/h5-6,10,14-15,17,30H,3-4,7-9,11-13H2,1-2H3,(H2,25,26,27)/t15-,17?,23?/m0/s1. The molecule has 0 spiro atoms. The first-order valence-electron chi connectivity index (χ1n) is 11.6. The second kappa shape index (κ2) is 9.04. The summed E-state index contributed by atoms with van der Waals surface area (Å²) in [5.41, 5.74) is 11.0. The Morgan fingerprint density at radius 1 is 1.33 bits per heavy atom. The van der Waals surface area contributed by atoms with Gasteiger partial charge in [-0.1, -0.05) is 18.5 Å². The summed E-state index contributed by atoms with van der Waals surface area (Å²) in [7, 11) is 1.65. The zero-order valence-corrected chi connectivity index (χ0v) is 19.9. The van der Waals surface area contributed by atoms with Gasteiger partial charge in [-0.3, -0.25) is 9.89 Å². The molecule has 3 N–H and O–H groups in total. The molecule has 3 aliphatic rings. The highest BCUT2D eigenvalue weighted by Crippen LogP contribution is 2.55. The molecule has 10 heteroatoms. The summed E-state index contributed by atoms with van der Waals surface area (Å²) in [5, 5.41) is 11.7. The number of piperidine rings is 1. The van der Waals surface area contributed by atoms with Gasteiger partial charge < -0.3 is 15.6 Å². The molecule has 2 bridgehead atoms. The number of nitrogens with zero attached hydrogens (tertiary/aromatic N) is 6. The van der Waals surface area contributed by atoms with E-state index in [4.69, 9.17) is 21.8 Å². The zero-order chi connectivity index (χ0) is 23.0. The van der Waals surface area contributed by atoms with E-state index in [9.17, 15) is 0 Å². The molecule has 3 aliphatic heterocycles. The lowest BCUT2D eigenvalue weighted by atomic mass is 9.65. The lowest BCUT2D eigenvalue weighted by molar-refractivity contribution is -0.132. The quantitative estimate of drug-likeness (QED) is 0.471. The molecule has 3 fully saturated rings. The molecule has 9 nitrogen and oxygen atoms in total. The molecular formula is C23H31ClN8O. The summed E-state index contributed by atoms with van der Waals surface area (Å²) in [6, 6.07) is 6.10. The monoisotopic (exact) mass is 470 g/mol. The van der Waals surface area contributed by atoms with Gasteiger partial charge in [0.05, 0.1) is 11.6 Å². The van der Waals surface area contributed by atoms with Gasteiger partial charge in [0, 0.05) is 24.3 Å². The Balaban J connectivity index is 1.39. The maximum atomic E-state index is 6.38. The number of aromatic nitrogens is 2. The van der Waals surface area contributed by atoms with Crippen LogP contribution in [0.3, 0.4) is 0 Å². The topological polar surface area (TPSA) is 108 Å². The summed E-state index contributed by atoms with van der Waals surface area (Å²) in [6.45, 7) is 5.23. The fourth-order valence-corrected chi connectivity index (χ4v) is 5.76. The number of halogens is 1. The largest absolute Gasteiger partial charge is 0.422 e. The van der Waals surface area contributed by atoms with Crippen LogP contribution in [-0.4, -0.2) is 58.5 Å². The van der Waals surface area contributed by atoms with Crippen molar-refractivity contribution in [3.63, 3.8) is 0 Å². The minimum Gasteiger partial charge on any atom is -0.422 e. The molecule has 3 saturated heterocycles. The van der Waals surface area contributed by atoms with Crippen LogP contribution in [0.5, 0.6) is 0 Å². The first-order chi connectivity index (χ1) is 16.0. The highest BCUT2D eigenvalue weighted by Gasteiger charge is 2.60. The lowest BCUT2D eigenvalue weighted by Crippen LogP contribution is -2.69. The predicted molar refractivity (Wildman–Crippen MR) is 129 cm³/mol. The van der Waals surface area contributed by atoms with E-state index in [-0.39, 0.29) is 5.54 Å². The third kappa shape index (κ3) is 4.25. The minimum atomic E-state index is -0.299. The van der Waals surface area contributed by atoms with Crippen molar-refractivity contribution in [3.05, 3.63) is 40.6 Å². The fraction of sp³-hybridized carbons (Fsp3) is 0.565. The van der Waals surface area contributed by atoms with Crippen molar-refractivity contribution in [2.24, 2.45) is 21.6 Å². The van der Waals surface area contributed by atoms with Gasteiger partial charge in [0.25, 0.3) is 0 Å². The summed E-state index contributed by atoms with van der Waals surface area (Å²) in [6.07, 6.45) is 7.00. The van der Waals surface area contributed by atoms with E-state index in [1.807, 2.05) is 18.2 Å². The Kier molecular flexibility index (Phi) is 6.11. The first-order valence-corrected chi connectivity index (χ1v) is 12.0. The molecular weight excluding hydrogens is 440 g/mol. The van der Waals surface area contributed by atoms with Crippen molar-refractivity contribution in [2.75, 3.05) is 25.6 Å². The summed E-state index contributed by atoms with van der Waals surface area (Å²) >= 11 is 6.38. The highest BCUT2D eigenvalue weighted by molar-refractivity contribution is 6.34. The van der Waals surface area contributed by atoms with Crippen molar-refractivity contribution in [3.8, 4) is 0 Å². The second-order valence-corrected chi connectivity index (χ2v) is 9.89. The molecule has 33 heavy (non-hydrogen) atoms. The Morgan fingerprint density at radius 2 is 2.15 bits per heavy atom. The van der Waals surface area contributed by atoms with E-state index in [1.165, 1.54) is 19.2 Å². The average Bonchev–Trinajstić information content (AvgIpc) is 3.49. The summed E-state index contributed by atoms with van der Waals surface area (Å²) in [5.74, 6) is 2.33. The number of nitrogens with one attached hydrogen (secondary N) is 1. The Bertz CT molecular complexity index is 1060. The van der Waals surface area contributed by atoms with E-state index in [0.29, 0.717) is 40.2 Å². The molecule has 176 valence electrons. The molecule has 3 atom stereocenters. The molecule has 0 radical (unpaired) electrons. The van der Waals surface area contributed by atoms with E-state index in [1.54, 1.807) is 7.05 Å². The van der Waals surface area contributed by atoms with Crippen LogP contribution < -0.4 is 11.2 Å². The minimum absolute atomic E-state index is 0.299. The smallest absolute Gasteiger partial charge is 0.238 e. The van der Waals surface area contributed by atoms with Gasteiger partial charge in [-0.2, -0.15) is 0 Å². The van der Waals surface area contributed by atoms with Crippen molar-refractivity contribution < 1.29 is 4.42 Å². The third-order valence-corrected chi connectivity index (χ3v) is 7.32. The van der Waals surface area contributed by atoms with Crippen LogP contribution in [0, 0.1) is 5.92 Å². The number of hydrazine groups is 1. The number of likely N-dealkylation sites (tertiary alicyclic amines) is 1.